The molecule has 1 saturated heterocycles. The molecule has 7 nitrogen and oxygen atoms in total. The second-order valence-electron chi connectivity index (χ2n) is 7.89. The van der Waals surface area contributed by atoms with Crippen molar-refractivity contribution in [1.29, 1.82) is 0 Å². The molecule has 2 N–H and O–H groups in total. The Morgan fingerprint density at radius 1 is 1.19 bits per heavy atom. The molecule has 1 fully saturated rings. The van der Waals surface area contributed by atoms with Crippen LogP contribution in [0.1, 0.15) is 41.7 Å². The van der Waals surface area contributed by atoms with Crippen molar-refractivity contribution in [3.05, 3.63) is 65.1 Å². The molecule has 0 aliphatic carbocycles. The minimum Gasteiger partial charge on any atom is -0.395 e. The van der Waals surface area contributed by atoms with Crippen molar-refractivity contribution in [2.45, 2.75) is 33.0 Å². The average molecular weight is 439 g/mol. The van der Waals surface area contributed by atoms with E-state index in [-0.39, 0.29) is 46.6 Å². The van der Waals surface area contributed by atoms with Crippen molar-refractivity contribution in [3.63, 3.8) is 0 Å². The fourth-order valence-corrected chi connectivity index (χ4v) is 3.82. The van der Waals surface area contributed by atoms with Crippen LogP contribution < -0.4 is 10.6 Å². The second-order valence-corrected chi connectivity index (χ2v) is 7.89. The lowest BCUT2D eigenvalue weighted by Crippen LogP contribution is -2.44. The zero-order valence-corrected chi connectivity index (χ0v) is 18.0. The lowest BCUT2D eigenvalue weighted by atomic mass is 10.1. The van der Waals surface area contributed by atoms with Crippen molar-refractivity contribution in [1.82, 2.24) is 15.0 Å². The monoisotopic (exact) mass is 439 g/mol. The summed E-state index contributed by atoms with van der Waals surface area (Å²) >= 11 is 0. The van der Waals surface area contributed by atoms with Gasteiger partial charge in [0.2, 0.25) is 5.95 Å². The molecular formula is C23H23F2N5O2. The number of pyridine rings is 1. The number of carbonyl (C=O) groups excluding carboxylic acids is 1. The van der Waals surface area contributed by atoms with Gasteiger partial charge in [0.05, 0.1) is 18.3 Å². The molecule has 4 rings (SSSR count). The third kappa shape index (κ3) is 4.29. The Morgan fingerprint density at radius 2 is 1.97 bits per heavy atom. The van der Waals surface area contributed by atoms with E-state index < -0.39 is 11.6 Å². The number of nitrogens with two attached hydrogens (primary N) is 1. The van der Waals surface area contributed by atoms with Crippen molar-refractivity contribution in [2.24, 2.45) is 0 Å². The Kier molecular flexibility index (Phi) is 5.84. The summed E-state index contributed by atoms with van der Waals surface area (Å²) in [6.45, 7) is 6.04. The number of halogens is 2. The van der Waals surface area contributed by atoms with Crippen molar-refractivity contribution >= 4 is 17.4 Å². The van der Waals surface area contributed by atoms with E-state index >= 15 is 0 Å². The maximum absolute atomic E-state index is 14.5. The van der Waals surface area contributed by atoms with Crippen LogP contribution in [0.4, 0.5) is 20.4 Å². The van der Waals surface area contributed by atoms with Crippen LogP contribution in [0, 0.1) is 18.6 Å². The molecule has 9 heteroatoms. The summed E-state index contributed by atoms with van der Waals surface area (Å²) in [5.74, 6) is -1.69. The fraction of sp³-hybridized carbons (Fsp3) is 0.304. The van der Waals surface area contributed by atoms with Gasteiger partial charge < -0.3 is 15.4 Å². The topological polar surface area (TPSA) is 94.2 Å². The molecule has 2 atom stereocenters. The Hall–Kier alpha value is -3.46. The number of aryl methyl sites for hydroxylation is 1. The number of ether oxygens (including phenoxy) is 1. The molecule has 0 saturated carbocycles. The maximum Gasteiger partial charge on any atom is 0.226 e. The number of Topliss-reactive ketones (excluding diaryl/α,β-unsaturated/α-hetero) is 1. The van der Waals surface area contributed by atoms with Gasteiger partial charge in [0.1, 0.15) is 29.1 Å². The van der Waals surface area contributed by atoms with E-state index in [0.29, 0.717) is 13.1 Å². The molecular weight excluding hydrogens is 416 g/mol. The Bertz CT molecular complexity index is 1190. The summed E-state index contributed by atoms with van der Waals surface area (Å²) in [7, 11) is 0. The van der Waals surface area contributed by atoms with Crippen molar-refractivity contribution in [2.75, 3.05) is 23.7 Å². The minimum atomic E-state index is -0.823. The van der Waals surface area contributed by atoms with Gasteiger partial charge in [0.15, 0.2) is 5.78 Å². The molecule has 0 radical (unpaired) electrons. The van der Waals surface area contributed by atoms with Crippen LogP contribution >= 0.6 is 0 Å². The van der Waals surface area contributed by atoms with Crippen LogP contribution in [0.5, 0.6) is 0 Å². The third-order valence-electron chi connectivity index (χ3n) is 5.29. The number of anilines is 2. The average Bonchev–Trinajstić information content (AvgIpc) is 2.73. The molecule has 0 unspecified atom stereocenters. The number of morpholine rings is 1. The van der Waals surface area contributed by atoms with Crippen LogP contribution in [0.25, 0.3) is 11.3 Å². The lowest BCUT2D eigenvalue weighted by molar-refractivity contribution is -0.0179. The molecule has 0 spiro atoms. The van der Waals surface area contributed by atoms with E-state index in [2.05, 4.69) is 15.0 Å². The molecule has 1 aliphatic heterocycles. The van der Waals surface area contributed by atoms with Crippen LogP contribution in [0.15, 0.2) is 36.5 Å². The van der Waals surface area contributed by atoms with Gasteiger partial charge in [-0.05, 0) is 43.7 Å². The standard InChI is InChI=1S/C23H23F2N5O2/c1-12-8-15(6-7-27-12)19-11-30(10-13(2)32-19)23-28-21(14(3)31)20(26)22(29-23)17-5-4-16(24)9-18(17)25/h4-9,13,19H,10-11,26H2,1-3H3/t13-,19-/m0/s1. The predicted molar refractivity (Wildman–Crippen MR) is 116 cm³/mol. The number of rotatable bonds is 4. The first kappa shape index (κ1) is 21.8. The Labute approximate surface area is 184 Å². The fourth-order valence-electron chi connectivity index (χ4n) is 3.82. The number of benzene rings is 1. The smallest absolute Gasteiger partial charge is 0.226 e. The SMILES string of the molecule is CC(=O)c1nc(N2C[C@@H](c3ccnc(C)c3)O[C@@H](C)C2)nc(-c2ccc(F)cc2F)c1N. The zero-order chi connectivity index (χ0) is 23.0. The number of ketones is 1. The van der Waals surface area contributed by atoms with E-state index in [4.69, 9.17) is 10.5 Å². The van der Waals surface area contributed by atoms with E-state index in [1.807, 2.05) is 30.9 Å². The van der Waals surface area contributed by atoms with Crippen LogP contribution in [-0.4, -0.2) is 39.9 Å². The summed E-state index contributed by atoms with van der Waals surface area (Å²) in [6.07, 6.45) is 1.30. The number of nitrogens with zero attached hydrogens (tertiary/aromatic N) is 4. The summed E-state index contributed by atoms with van der Waals surface area (Å²) < 4.78 is 34.1. The molecule has 2 aromatic heterocycles. The van der Waals surface area contributed by atoms with Crippen molar-refractivity contribution in [3.8, 4) is 11.3 Å². The summed E-state index contributed by atoms with van der Waals surface area (Å²) in [5.41, 5.74) is 7.95. The maximum atomic E-state index is 14.5. The first-order valence-electron chi connectivity index (χ1n) is 10.2. The van der Waals surface area contributed by atoms with Crippen LogP contribution in [-0.2, 0) is 4.74 Å². The van der Waals surface area contributed by atoms with Gasteiger partial charge in [-0.15, -0.1) is 0 Å². The Balaban J connectivity index is 1.78. The highest BCUT2D eigenvalue weighted by Crippen LogP contribution is 2.33. The number of nitrogen functional groups attached to an aromatic ring is 1. The van der Waals surface area contributed by atoms with E-state index in [1.54, 1.807) is 6.20 Å². The van der Waals surface area contributed by atoms with E-state index in [1.165, 1.54) is 13.0 Å². The molecule has 0 amide bonds. The summed E-state index contributed by atoms with van der Waals surface area (Å²) in [5, 5.41) is 0. The molecule has 0 bridgehead atoms. The molecule has 1 aromatic carbocycles. The lowest BCUT2D eigenvalue weighted by Gasteiger charge is -2.37. The van der Waals surface area contributed by atoms with Crippen LogP contribution in [0.3, 0.4) is 0 Å². The van der Waals surface area contributed by atoms with Gasteiger partial charge in [-0.1, -0.05) is 0 Å². The van der Waals surface area contributed by atoms with Gasteiger partial charge in [-0.25, -0.2) is 18.7 Å². The molecule has 3 aromatic rings. The molecule has 3 heterocycles. The third-order valence-corrected chi connectivity index (χ3v) is 5.29. The summed E-state index contributed by atoms with van der Waals surface area (Å²) in [4.78, 5) is 27.2. The predicted octanol–water partition coefficient (Wildman–Crippen LogP) is 3.88. The quantitative estimate of drug-likeness (QED) is 0.617. The van der Waals surface area contributed by atoms with Gasteiger partial charge in [-0.3, -0.25) is 9.78 Å². The van der Waals surface area contributed by atoms with Gasteiger partial charge in [-0.2, -0.15) is 0 Å². The largest absolute Gasteiger partial charge is 0.395 e. The Morgan fingerprint density at radius 3 is 2.66 bits per heavy atom. The van der Waals surface area contributed by atoms with Gasteiger partial charge in [0, 0.05) is 37.0 Å². The normalized spacial score (nSPS) is 18.6. The first-order valence-corrected chi connectivity index (χ1v) is 10.2. The minimum absolute atomic E-state index is 0.00216. The van der Waals surface area contributed by atoms with Crippen LogP contribution in [0.2, 0.25) is 0 Å². The summed E-state index contributed by atoms with van der Waals surface area (Å²) in [6, 6.07) is 6.96. The highest BCUT2D eigenvalue weighted by atomic mass is 19.1. The number of carbonyl (C=O) groups is 1. The first-order chi connectivity index (χ1) is 15.2. The second kappa shape index (κ2) is 8.58. The number of aromatic nitrogens is 3. The zero-order valence-electron chi connectivity index (χ0n) is 18.0. The van der Waals surface area contributed by atoms with Gasteiger partial charge in [0.25, 0.3) is 0 Å². The molecule has 166 valence electrons. The van der Waals surface area contributed by atoms with Gasteiger partial charge >= 0.3 is 0 Å². The van der Waals surface area contributed by atoms with E-state index in [9.17, 15) is 13.6 Å². The van der Waals surface area contributed by atoms with Crippen molar-refractivity contribution < 1.29 is 18.3 Å². The highest BCUT2D eigenvalue weighted by molar-refractivity contribution is 6.00. The molecule has 1 aliphatic rings. The number of hydrogen-bond acceptors (Lipinski definition) is 7. The van der Waals surface area contributed by atoms with E-state index in [0.717, 1.165) is 23.4 Å². The number of hydrogen-bond donors (Lipinski definition) is 1. The molecule has 32 heavy (non-hydrogen) atoms. The highest BCUT2D eigenvalue weighted by Gasteiger charge is 2.30.